The van der Waals surface area contributed by atoms with Crippen molar-refractivity contribution in [2.75, 3.05) is 13.1 Å². The van der Waals surface area contributed by atoms with Gasteiger partial charge in [-0.15, -0.1) is 0 Å². The lowest BCUT2D eigenvalue weighted by molar-refractivity contribution is -0.00203. The highest BCUT2D eigenvalue weighted by Gasteiger charge is 2.49. The molecular weight excluding hydrogens is 158 g/mol. The maximum Gasteiger partial charge on any atom is 0.0238 e. The Kier molecular flexibility index (Phi) is 1.90. The van der Waals surface area contributed by atoms with Gasteiger partial charge in [0.2, 0.25) is 0 Å². The lowest BCUT2D eigenvalue weighted by Gasteiger charge is -2.51. The smallest absolute Gasteiger partial charge is 0.0238 e. The van der Waals surface area contributed by atoms with Gasteiger partial charge in [-0.2, -0.15) is 0 Å². The first kappa shape index (κ1) is 8.28. The van der Waals surface area contributed by atoms with Gasteiger partial charge in [0.25, 0.3) is 0 Å². The highest BCUT2D eigenvalue weighted by Crippen LogP contribution is 2.49. The van der Waals surface area contributed by atoms with Gasteiger partial charge >= 0.3 is 0 Å². The van der Waals surface area contributed by atoms with E-state index in [4.69, 9.17) is 0 Å². The number of nitrogens with zero attached hydrogens (tertiary/aromatic N) is 1. The van der Waals surface area contributed by atoms with E-state index >= 15 is 0 Å². The van der Waals surface area contributed by atoms with Gasteiger partial charge in [0.05, 0.1) is 0 Å². The van der Waals surface area contributed by atoms with Gasteiger partial charge < -0.3 is 0 Å². The van der Waals surface area contributed by atoms with E-state index in [0.717, 1.165) is 11.5 Å². The topological polar surface area (TPSA) is 3.24 Å². The monoisotopic (exact) mass is 179 g/mol. The number of rotatable bonds is 0. The van der Waals surface area contributed by atoms with Crippen molar-refractivity contribution < 1.29 is 0 Å². The first-order chi connectivity index (χ1) is 6.42. The third kappa shape index (κ3) is 1.09. The molecule has 13 heavy (non-hydrogen) atoms. The summed E-state index contributed by atoms with van der Waals surface area (Å²) in [6.45, 7) is 2.83. The Morgan fingerprint density at radius 3 is 2.62 bits per heavy atom. The van der Waals surface area contributed by atoms with Crippen LogP contribution in [0.1, 0.15) is 51.4 Å². The zero-order chi connectivity index (χ0) is 8.73. The largest absolute Gasteiger partial charge is 0.297 e. The average Bonchev–Trinajstić information content (AvgIpc) is 2.58. The SMILES string of the molecule is C1CC[C@@]23CCCN2CCC[C@H]3C1. The lowest BCUT2D eigenvalue weighted by Crippen LogP contribution is -2.54. The Bertz CT molecular complexity index is 199. The normalized spacial score (nSPS) is 45.7. The van der Waals surface area contributed by atoms with Crippen LogP contribution in [0.3, 0.4) is 0 Å². The Labute approximate surface area is 81.5 Å². The van der Waals surface area contributed by atoms with Crippen molar-refractivity contribution in [2.24, 2.45) is 5.92 Å². The third-order valence-electron chi connectivity index (χ3n) is 4.82. The highest BCUT2D eigenvalue weighted by atomic mass is 15.2. The van der Waals surface area contributed by atoms with E-state index in [1.165, 1.54) is 64.5 Å². The second kappa shape index (κ2) is 2.98. The van der Waals surface area contributed by atoms with Crippen LogP contribution in [0.4, 0.5) is 0 Å². The molecule has 3 aliphatic rings. The summed E-state index contributed by atoms with van der Waals surface area (Å²) in [5, 5.41) is 0. The molecule has 2 aliphatic heterocycles. The van der Waals surface area contributed by atoms with Crippen LogP contribution in [0.2, 0.25) is 0 Å². The van der Waals surface area contributed by atoms with Crippen LogP contribution in [-0.2, 0) is 0 Å². The zero-order valence-electron chi connectivity index (χ0n) is 8.60. The van der Waals surface area contributed by atoms with Crippen LogP contribution in [0.25, 0.3) is 0 Å². The molecule has 0 aromatic carbocycles. The molecule has 0 aromatic rings. The Hall–Kier alpha value is -0.0400. The number of hydrogen-bond donors (Lipinski definition) is 0. The maximum absolute atomic E-state index is 2.85. The van der Waals surface area contributed by atoms with E-state index in [-0.39, 0.29) is 0 Å². The summed E-state index contributed by atoms with van der Waals surface area (Å²) in [5.74, 6) is 1.08. The van der Waals surface area contributed by atoms with Gasteiger partial charge in [-0.25, -0.2) is 0 Å². The van der Waals surface area contributed by atoms with Crippen LogP contribution >= 0.6 is 0 Å². The van der Waals surface area contributed by atoms with Crippen LogP contribution in [-0.4, -0.2) is 23.5 Å². The van der Waals surface area contributed by atoms with Gasteiger partial charge in [0.15, 0.2) is 0 Å². The molecule has 0 N–H and O–H groups in total. The van der Waals surface area contributed by atoms with Gasteiger partial charge in [-0.05, 0) is 57.5 Å². The fourth-order valence-electron chi connectivity index (χ4n) is 4.27. The van der Waals surface area contributed by atoms with E-state index in [1.807, 2.05) is 0 Å². The molecule has 2 atom stereocenters. The van der Waals surface area contributed by atoms with Crippen LogP contribution in [0.5, 0.6) is 0 Å². The van der Waals surface area contributed by atoms with E-state index in [1.54, 1.807) is 0 Å². The predicted molar refractivity (Wildman–Crippen MR) is 54.7 cm³/mol. The molecule has 1 heteroatoms. The number of piperidine rings is 1. The maximum atomic E-state index is 2.85. The minimum Gasteiger partial charge on any atom is -0.297 e. The van der Waals surface area contributed by atoms with Crippen molar-refractivity contribution in [3.63, 3.8) is 0 Å². The van der Waals surface area contributed by atoms with E-state index in [0.29, 0.717) is 0 Å². The van der Waals surface area contributed by atoms with E-state index < -0.39 is 0 Å². The third-order valence-corrected chi connectivity index (χ3v) is 4.82. The molecule has 0 bridgehead atoms. The summed E-state index contributed by atoms with van der Waals surface area (Å²) >= 11 is 0. The van der Waals surface area contributed by atoms with Crippen LogP contribution in [0.15, 0.2) is 0 Å². The van der Waals surface area contributed by atoms with Gasteiger partial charge in [-0.1, -0.05) is 12.8 Å². The molecule has 0 aromatic heterocycles. The van der Waals surface area contributed by atoms with Crippen molar-refractivity contribution in [1.82, 2.24) is 4.90 Å². The summed E-state index contributed by atoms with van der Waals surface area (Å²) in [6.07, 6.45) is 12.1. The standard InChI is InChI=1S/C12H21N/c1-2-7-12-8-4-10-13(12)9-3-6-11(12)5-1/h11H,1-10H2/t11-,12+/m1/s1. The Morgan fingerprint density at radius 2 is 1.62 bits per heavy atom. The second-order valence-corrected chi connectivity index (χ2v) is 5.28. The molecule has 74 valence electrons. The molecule has 2 heterocycles. The molecule has 0 radical (unpaired) electrons. The van der Waals surface area contributed by atoms with E-state index in [2.05, 4.69) is 4.90 Å². The van der Waals surface area contributed by atoms with Crippen molar-refractivity contribution in [3.8, 4) is 0 Å². The lowest BCUT2D eigenvalue weighted by atomic mass is 9.67. The van der Waals surface area contributed by atoms with Crippen molar-refractivity contribution in [1.29, 1.82) is 0 Å². The second-order valence-electron chi connectivity index (χ2n) is 5.28. The summed E-state index contributed by atoms with van der Waals surface area (Å²) in [5.41, 5.74) is 0.719. The fourth-order valence-corrected chi connectivity index (χ4v) is 4.27. The first-order valence-corrected chi connectivity index (χ1v) is 6.17. The van der Waals surface area contributed by atoms with Crippen LogP contribution in [0, 0.1) is 5.92 Å². The summed E-state index contributed by atoms with van der Waals surface area (Å²) in [6, 6.07) is 0. The molecule has 1 aliphatic carbocycles. The van der Waals surface area contributed by atoms with Crippen molar-refractivity contribution in [2.45, 2.75) is 56.9 Å². The molecule has 1 nitrogen and oxygen atoms in total. The van der Waals surface area contributed by atoms with Crippen LogP contribution < -0.4 is 0 Å². The summed E-state index contributed by atoms with van der Waals surface area (Å²) in [7, 11) is 0. The van der Waals surface area contributed by atoms with Crippen molar-refractivity contribution >= 4 is 0 Å². The molecule has 1 saturated carbocycles. The fraction of sp³-hybridized carbons (Fsp3) is 1.00. The van der Waals surface area contributed by atoms with E-state index in [9.17, 15) is 0 Å². The minimum atomic E-state index is 0.719. The van der Waals surface area contributed by atoms with Gasteiger partial charge in [0.1, 0.15) is 0 Å². The quantitative estimate of drug-likeness (QED) is 0.552. The average molecular weight is 179 g/mol. The van der Waals surface area contributed by atoms with Gasteiger partial charge in [0, 0.05) is 5.54 Å². The van der Waals surface area contributed by atoms with Gasteiger partial charge in [-0.3, -0.25) is 4.90 Å². The molecule has 0 unspecified atom stereocenters. The molecular formula is C12H21N. The Balaban J connectivity index is 1.89. The zero-order valence-corrected chi connectivity index (χ0v) is 8.60. The summed E-state index contributed by atoms with van der Waals surface area (Å²) in [4.78, 5) is 2.85. The number of hydrogen-bond acceptors (Lipinski definition) is 1. The first-order valence-electron chi connectivity index (χ1n) is 6.17. The van der Waals surface area contributed by atoms with Crippen molar-refractivity contribution in [3.05, 3.63) is 0 Å². The Morgan fingerprint density at radius 1 is 0.846 bits per heavy atom. The molecule has 0 amide bonds. The predicted octanol–water partition coefficient (Wildman–Crippen LogP) is 2.81. The molecule has 3 rings (SSSR count). The summed E-state index contributed by atoms with van der Waals surface area (Å²) < 4.78 is 0. The highest BCUT2D eigenvalue weighted by molar-refractivity contribution is 5.04. The molecule has 1 spiro atoms. The molecule has 2 saturated heterocycles. The molecule has 3 fully saturated rings. The minimum absolute atomic E-state index is 0.719.